The van der Waals surface area contributed by atoms with Crippen molar-refractivity contribution < 1.29 is 9.13 Å². The Morgan fingerprint density at radius 3 is 2.45 bits per heavy atom. The summed E-state index contributed by atoms with van der Waals surface area (Å²) in [6, 6.07) is 12.7. The molecule has 2 aromatic rings. The van der Waals surface area contributed by atoms with Gasteiger partial charge in [-0.05, 0) is 25.0 Å². The minimum atomic E-state index is -0.320. The second-order valence-electron chi connectivity index (χ2n) is 4.80. The number of aryl methyl sites for hydroxylation is 1. The highest BCUT2D eigenvalue weighted by Gasteiger charge is 2.15. The number of halogens is 1. The summed E-state index contributed by atoms with van der Waals surface area (Å²) in [5, 5.41) is 0. The molecular formula is C16H19FN2O. The lowest BCUT2D eigenvalue weighted by atomic mass is 9.98. The topological polar surface area (TPSA) is 47.3 Å². The van der Waals surface area contributed by atoms with Gasteiger partial charge in [-0.25, -0.2) is 4.39 Å². The molecule has 0 radical (unpaired) electrons. The highest BCUT2D eigenvalue weighted by atomic mass is 19.1. The molecule has 0 aliphatic heterocycles. The van der Waals surface area contributed by atoms with E-state index in [1.165, 1.54) is 18.7 Å². The molecule has 3 N–H and O–H groups in total. The molecule has 20 heavy (non-hydrogen) atoms. The summed E-state index contributed by atoms with van der Waals surface area (Å²) in [7, 11) is 1.51. The van der Waals surface area contributed by atoms with Crippen molar-refractivity contribution in [1.29, 1.82) is 0 Å². The van der Waals surface area contributed by atoms with Gasteiger partial charge in [0.25, 0.3) is 0 Å². The van der Waals surface area contributed by atoms with E-state index in [9.17, 15) is 4.39 Å². The van der Waals surface area contributed by atoms with Crippen LogP contribution in [0, 0.1) is 12.7 Å². The van der Waals surface area contributed by atoms with Crippen LogP contribution in [0.3, 0.4) is 0 Å². The van der Waals surface area contributed by atoms with Crippen LogP contribution in [0.1, 0.15) is 22.7 Å². The van der Waals surface area contributed by atoms with Crippen LogP contribution in [0.5, 0.6) is 5.75 Å². The van der Waals surface area contributed by atoms with Crippen LogP contribution < -0.4 is 16.0 Å². The third kappa shape index (κ3) is 3.35. The number of methoxy groups -OCH3 is 1. The van der Waals surface area contributed by atoms with Gasteiger partial charge in [0.1, 0.15) is 11.6 Å². The maximum Gasteiger partial charge on any atom is 0.131 e. The van der Waals surface area contributed by atoms with E-state index in [0.717, 1.165) is 5.56 Å². The van der Waals surface area contributed by atoms with Gasteiger partial charge in [-0.1, -0.05) is 35.9 Å². The molecule has 0 fully saturated rings. The lowest BCUT2D eigenvalue weighted by Crippen LogP contribution is -2.30. The highest BCUT2D eigenvalue weighted by molar-refractivity contribution is 5.32. The summed E-state index contributed by atoms with van der Waals surface area (Å²) in [6.07, 6.45) is 0.625. The molecule has 0 aromatic heterocycles. The monoisotopic (exact) mass is 274 g/mol. The Morgan fingerprint density at radius 2 is 1.90 bits per heavy atom. The molecule has 0 saturated carbocycles. The molecule has 0 amide bonds. The summed E-state index contributed by atoms with van der Waals surface area (Å²) in [6.45, 7) is 2.03. The Hall–Kier alpha value is -1.91. The molecule has 2 rings (SSSR count). The summed E-state index contributed by atoms with van der Waals surface area (Å²) in [5.41, 5.74) is 5.52. The molecule has 1 atom stereocenters. The van der Waals surface area contributed by atoms with Crippen LogP contribution in [0.2, 0.25) is 0 Å². The van der Waals surface area contributed by atoms with E-state index in [4.69, 9.17) is 10.6 Å². The van der Waals surface area contributed by atoms with Gasteiger partial charge in [-0.3, -0.25) is 11.3 Å². The van der Waals surface area contributed by atoms with E-state index in [-0.39, 0.29) is 11.9 Å². The molecule has 2 aromatic carbocycles. The van der Waals surface area contributed by atoms with Crippen LogP contribution >= 0.6 is 0 Å². The third-order valence-corrected chi connectivity index (χ3v) is 3.34. The van der Waals surface area contributed by atoms with E-state index in [2.05, 4.69) is 5.43 Å². The van der Waals surface area contributed by atoms with Crippen molar-refractivity contribution in [2.45, 2.75) is 19.4 Å². The second-order valence-corrected chi connectivity index (χ2v) is 4.80. The number of rotatable bonds is 5. The van der Waals surface area contributed by atoms with Crippen LogP contribution in [0.25, 0.3) is 0 Å². The first-order valence-corrected chi connectivity index (χ1v) is 6.49. The molecule has 106 valence electrons. The van der Waals surface area contributed by atoms with Gasteiger partial charge < -0.3 is 4.74 Å². The molecule has 0 saturated heterocycles. The predicted octanol–water partition coefficient (Wildman–Crippen LogP) is 2.89. The molecule has 0 heterocycles. The first-order valence-electron chi connectivity index (χ1n) is 6.49. The maximum absolute atomic E-state index is 14.1. The lowest BCUT2D eigenvalue weighted by Gasteiger charge is -2.18. The van der Waals surface area contributed by atoms with Gasteiger partial charge in [0.05, 0.1) is 13.2 Å². The lowest BCUT2D eigenvalue weighted by molar-refractivity contribution is 0.409. The second kappa shape index (κ2) is 6.50. The van der Waals surface area contributed by atoms with Gasteiger partial charge in [0.15, 0.2) is 0 Å². The van der Waals surface area contributed by atoms with E-state index in [0.29, 0.717) is 17.7 Å². The molecule has 0 spiro atoms. The van der Waals surface area contributed by atoms with Crippen molar-refractivity contribution in [3.63, 3.8) is 0 Å². The number of ether oxygens (including phenoxy) is 1. The number of hydrazine groups is 1. The normalized spacial score (nSPS) is 12.2. The SMILES string of the molecule is COc1ccc(C(Cc2ccc(C)cc2)NN)c(F)c1. The molecule has 1 unspecified atom stereocenters. The largest absolute Gasteiger partial charge is 0.497 e. The average Bonchev–Trinajstić information content (AvgIpc) is 2.47. The van der Waals surface area contributed by atoms with Crippen molar-refractivity contribution in [2.24, 2.45) is 5.84 Å². The van der Waals surface area contributed by atoms with Crippen LogP contribution in [-0.4, -0.2) is 7.11 Å². The van der Waals surface area contributed by atoms with Crippen molar-refractivity contribution in [3.05, 3.63) is 65.0 Å². The highest BCUT2D eigenvalue weighted by Crippen LogP contribution is 2.24. The fourth-order valence-electron chi connectivity index (χ4n) is 2.14. The number of nitrogens with two attached hydrogens (primary N) is 1. The Bertz CT molecular complexity index is 569. The van der Waals surface area contributed by atoms with Crippen molar-refractivity contribution in [3.8, 4) is 5.75 Å². The molecular weight excluding hydrogens is 255 g/mol. The zero-order valence-corrected chi connectivity index (χ0v) is 11.7. The van der Waals surface area contributed by atoms with Gasteiger partial charge in [-0.2, -0.15) is 0 Å². The predicted molar refractivity (Wildman–Crippen MR) is 77.9 cm³/mol. The molecule has 0 bridgehead atoms. The molecule has 0 aliphatic rings. The summed E-state index contributed by atoms with van der Waals surface area (Å²) >= 11 is 0. The Morgan fingerprint density at radius 1 is 1.20 bits per heavy atom. The zero-order chi connectivity index (χ0) is 14.5. The Kier molecular flexibility index (Phi) is 4.71. The molecule has 3 nitrogen and oxygen atoms in total. The Labute approximate surface area is 118 Å². The Balaban J connectivity index is 2.21. The van der Waals surface area contributed by atoms with Crippen LogP contribution in [0.15, 0.2) is 42.5 Å². The van der Waals surface area contributed by atoms with Gasteiger partial charge >= 0.3 is 0 Å². The summed E-state index contributed by atoms with van der Waals surface area (Å²) in [4.78, 5) is 0. The standard InChI is InChI=1S/C16H19FN2O/c1-11-3-5-12(6-4-11)9-16(19-18)14-8-7-13(20-2)10-15(14)17/h3-8,10,16,19H,9,18H2,1-2H3. The number of nitrogens with one attached hydrogen (secondary N) is 1. The number of hydrogen-bond donors (Lipinski definition) is 2. The minimum Gasteiger partial charge on any atom is -0.497 e. The number of hydrogen-bond acceptors (Lipinski definition) is 3. The van der Waals surface area contributed by atoms with Crippen molar-refractivity contribution in [1.82, 2.24) is 5.43 Å². The quantitative estimate of drug-likeness (QED) is 0.651. The van der Waals surface area contributed by atoms with E-state index in [1.54, 1.807) is 12.1 Å². The fourth-order valence-corrected chi connectivity index (χ4v) is 2.14. The summed E-state index contributed by atoms with van der Waals surface area (Å²) in [5.74, 6) is 5.75. The number of benzene rings is 2. The van der Waals surface area contributed by atoms with Gasteiger partial charge in [0.2, 0.25) is 0 Å². The van der Waals surface area contributed by atoms with E-state index >= 15 is 0 Å². The van der Waals surface area contributed by atoms with E-state index < -0.39 is 0 Å². The third-order valence-electron chi connectivity index (χ3n) is 3.34. The minimum absolute atomic E-state index is 0.274. The van der Waals surface area contributed by atoms with E-state index in [1.807, 2.05) is 31.2 Å². The molecule has 0 aliphatic carbocycles. The maximum atomic E-state index is 14.1. The average molecular weight is 274 g/mol. The first kappa shape index (κ1) is 14.5. The fraction of sp³-hybridized carbons (Fsp3) is 0.250. The summed E-state index contributed by atoms with van der Waals surface area (Å²) < 4.78 is 19.1. The van der Waals surface area contributed by atoms with Crippen LogP contribution in [0.4, 0.5) is 4.39 Å². The van der Waals surface area contributed by atoms with Gasteiger partial charge in [0, 0.05) is 11.6 Å². The first-order chi connectivity index (χ1) is 9.63. The van der Waals surface area contributed by atoms with Gasteiger partial charge in [-0.15, -0.1) is 0 Å². The zero-order valence-electron chi connectivity index (χ0n) is 11.7. The smallest absolute Gasteiger partial charge is 0.131 e. The van der Waals surface area contributed by atoms with Crippen LogP contribution in [-0.2, 0) is 6.42 Å². The van der Waals surface area contributed by atoms with Crippen molar-refractivity contribution >= 4 is 0 Å². The molecule has 4 heteroatoms. The van der Waals surface area contributed by atoms with Crippen molar-refractivity contribution in [2.75, 3.05) is 7.11 Å².